The summed E-state index contributed by atoms with van der Waals surface area (Å²) in [5.74, 6) is 0.702. The normalized spacial score (nSPS) is 11.0. The maximum Gasteiger partial charge on any atom is 0.322 e. The average molecular weight is 280 g/mol. The van der Waals surface area contributed by atoms with Gasteiger partial charge in [-0.1, -0.05) is 12.1 Å². The van der Waals surface area contributed by atoms with Gasteiger partial charge in [-0.25, -0.2) is 4.79 Å². The van der Waals surface area contributed by atoms with Gasteiger partial charge >= 0.3 is 6.03 Å². The number of hydrogen-bond donors (Lipinski definition) is 3. The number of rotatable bonds is 6. The van der Waals surface area contributed by atoms with Crippen LogP contribution in [0.1, 0.15) is 13.3 Å². The second-order valence-corrected chi connectivity index (χ2v) is 4.17. The summed E-state index contributed by atoms with van der Waals surface area (Å²) >= 11 is 0. The molecule has 7 nitrogen and oxygen atoms in total. The zero-order chi connectivity index (χ0) is 15.0. The molecule has 0 heterocycles. The van der Waals surface area contributed by atoms with Crippen LogP contribution in [-0.2, 0) is 0 Å². The predicted octanol–water partition coefficient (Wildman–Crippen LogP) is 1.69. The zero-order valence-corrected chi connectivity index (χ0v) is 11.7. The molecule has 0 unspecified atom stereocenters. The van der Waals surface area contributed by atoms with E-state index in [1.54, 1.807) is 31.4 Å². The lowest BCUT2D eigenvalue weighted by molar-refractivity contribution is 0.218. The Bertz CT molecular complexity index is 459. The Balaban J connectivity index is 2.69. The van der Waals surface area contributed by atoms with E-state index >= 15 is 0 Å². The minimum atomic E-state index is -0.302. The smallest absolute Gasteiger partial charge is 0.322 e. The molecule has 0 saturated heterocycles. The van der Waals surface area contributed by atoms with Crippen LogP contribution in [0.25, 0.3) is 0 Å². The molecule has 0 atom stereocenters. The number of carbonyl (C=O) groups excluding carboxylic acids is 1. The maximum absolute atomic E-state index is 12.1. The Hall–Kier alpha value is -2.44. The molecular formula is C13H20N4O3. The molecule has 0 saturated carbocycles. The van der Waals surface area contributed by atoms with Crippen molar-refractivity contribution in [1.29, 1.82) is 0 Å². The molecule has 110 valence electrons. The molecule has 2 amide bonds. The monoisotopic (exact) mass is 280 g/mol. The number of carbonyl (C=O) groups is 1. The van der Waals surface area contributed by atoms with Gasteiger partial charge in [-0.2, -0.15) is 0 Å². The van der Waals surface area contributed by atoms with Crippen LogP contribution in [0.2, 0.25) is 0 Å². The standard InChI is InChI=1S/C13H20N4O3/c1-3-8-17(9-12(14)16-19)13(18)15-10-4-6-11(20-2)7-5-10/h4-7,19H,3,8-9H2,1-2H3,(H2,14,16)(H,15,18). The summed E-state index contributed by atoms with van der Waals surface area (Å²) in [5, 5.41) is 14.2. The third-order valence-corrected chi connectivity index (χ3v) is 2.60. The van der Waals surface area contributed by atoms with Crippen LogP contribution in [0, 0.1) is 0 Å². The molecule has 20 heavy (non-hydrogen) atoms. The Morgan fingerprint density at radius 2 is 2.10 bits per heavy atom. The number of amidine groups is 1. The van der Waals surface area contributed by atoms with Gasteiger partial charge in [-0.05, 0) is 30.7 Å². The third kappa shape index (κ3) is 4.68. The fourth-order valence-corrected chi connectivity index (χ4v) is 1.63. The van der Waals surface area contributed by atoms with Gasteiger partial charge in [-0.3, -0.25) is 0 Å². The molecule has 0 aliphatic rings. The van der Waals surface area contributed by atoms with E-state index in [1.165, 1.54) is 4.90 Å². The van der Waals surface area contributed by atoms with E-state index in [2.05, 4.69) is 10.5 Å². The highest BCUT2D eigenvalue weighted by atomic mass is 16.5. The van der Waals surface area contributed by atoms with Crippen molar-refractivity contribution in [2.75, 3.05) is 25.5 Å². The van der Waals surface area contributed by atoms with Crippen molar-refractivity contribution >= 4 is 17.6 Å². The Morgan fingerprint density at radius 1 is 1.45 bits per heavy atom. The molecular weight excluding hydrogens is 260 g/mol. The van der Waals surface area contributed by atoms with Gasteiger partial charge in [-0.15, -0.1) is 0 Å². The van der Waals surface area contributed by atoms with E-state index in [0.717, 1.165) is 6.42 Å². The molecule has 1 aromatic carbocycles. The lowest BCUT2D eigenvalue weighted by Gasteiger charge is -2.21. The third-order valence-electron chi connectivity index (χ3n) is 2.60. The maximum atomic E-state index is 12.1. The van der Waals surface area contributed by atoms with Crippen molar-refractivity contribution < 1.29 is 14.7 Å². The Labute approximate surface area is 118 Å². The van der Waals surface area contributed by atoms with E-state index in [4.69, 9.17) is 15.7 Å². The second-order valence-electron chi connectivity index (χ2n) is 4.17. The number of methoxy groups -OCH3 is 1. The van der Waals surface area contributed by atoms with Crippen molar-refractivity contribution in [3.8, 4) is 5.75 Å². The predicted molar refractivity (Wildman–Crippen MR) is 77.3 cm³/mol. The summed E-state index contributed by atoms with van der Waals surface area (Å²) in [4.78, 5) is 13.6. The summed E-state index contributed by atoms with van der Waals surface area (Å²) < 4.78 is 5.04. The fourth-order valence-electron chi connectivity index (χ4n) is 1.63. The van der Waals surface area contributed by atoms with E-state index in [1.807, 2.05) is 6.92 Å². The van der Waals surface area contributed by atoms with E-state index in [9.17, 15) is 4.79 Å². The van der Waals surface area contributed by atoms with Crippen molar-refractivity contribution in [3.05, 3.63) is 24.3 Å². The number of nitrogens with zero attached hydrogens (tertiary/aromatic N) is 2. The SMILES string of the molecule is CCCN(CC(N)=NO)C(=O)Nc1ccc(OC)cc1. The van der Waals surface area contributed by atoms with E-state index in [0.29, 0.717) is 18.0 Å². The van der Waals surface area contributed by atoms with Gasteiger partial charge in [0.25, 0.3) is 0 Å². The summed E-state index contributed by atoms with van der Waals surface area (Å²) in [6, 6.07) is 6.69. The lowest BCUT2D eigenvalue weighted by atomic mass is 10.3. The quantitative estimate of drug-likeness (QED) is 0.319. The molecule has 1 aromatic rings. The van der Waals surface area contributed by atoms with Crippen LogP contribution in [-0.4, -0.2) is 42.2 Å². The van der Waals surface area contributed by atoms with Crippen molar-refractivity contribution in [3.63, 3.8) is 0 Å². The van der Waals surface area contributed by atoms with E-state index < -0.39 is 0 Å². The number of anilines is 1. The Morgan fingerprint density at radius 3 is 2.60 bits per heavy atom. The van der Waals surface area contributed by atoms with Crippen molar-refractivity contribution in [2.45, 2.75) is 13.3 Å². The summed E-state index contributed by atoms with van der Waals surface area (Å²) in [6.45, 7) is 2.53. The van der Waals surface area contributed by atoms with Gasteiger partial charge in [0.2, 0.25) is 0 Å². The van der Waals surface area contributed by atoms with Crippen LogP contribution in [0.5, 0.6) is 5.75 Å². The number of oxime groups is 1. The molecule has 4 N–H and O–H groups in total. The average Bonchev–Trinajstić information content (AvgIpc) is 2.47. The van der Waals surface area contributed by atoms with Crippen LogP contribution < -0.4 is 15.8 Å². The van der Waals surface area contributed by atoms with Gasteiger partial charge < -0.3 is 25.9 Å². The highest BCUT2D eigenvalue weighted by Crippen LogP contribution is 2.15. The highest BCUT2D eigenvalue weighted by Gasteiger charge is 2.14. The molecule has 0 spiro atoms. The summed E-state index contributed by atoms with van der Waals surface area (Å²) in [5.41, 5.74) is 6.08. The molecule has 0 aliphatic carbocycles. The first-order valence-electron chi connectivity index (χ1n) is 6.27. The van der Waals surface area contributed by atoms with Crippen LogP contribution in [0.4, 0.5) is 10.5 Å². The Kier molecular flexibility index (Phi) is 6.15. The van der Waals surface area contributed by atoms with Crippen LogP contribution in [0.3, 0.4) is 0 Å². The molecule has 1 rings (SSSR count). The van der Waals surface area contributed by atoms with Gasteiger partial charge in [0.15, 0.2) is 5.84 Å². The molecule has 0 aliphatic heterocycles. The first kappa shape index (κ1) is 15.6. The van der Waals surface area contributed by atoms with E-state index in [-0.39, 0.29) is 18.4 Å². The zero-order valence-electron chi connectivity index (χ0n) is 11.7. The molecule has 0 bridgehead atoms. The van der Waals surface area contributed by atoms with Crippen LogP contribution in [0.15, 0.2) is 29.4 Å². The number of hydrogen-bond acceptors (Lipinski definition) is 4. The first-order chi connectivity index (χ1) is 9.60. The number of benzene rings is 1. The molecule has 0 radical (unpaired) electrons. The van der Waals surface area contributed by atoms with Crippen molar-refractivity contribution in [1.82, 2.24) is 4.90 Å². The first-order valence-corrected chi connectivity index (χ1v) is 6.27. The van der Waals surface area contributed by atoms with Crippen molar-refractivity contribution in [2.24, 2.45) is 10.9 Å². The number of nitrogens with two attached hydrogens (primary N) is 1. The molecule has 0 aromatic heterocycles. The summed E-state index contributed by atoms with van der Waals surface area (Å²) in [6.07, 6.45) is 0.773. The number of nitrogens with one attached hydrogen (secondary N) is 1. The topological polar surface area (TPSA) is 100 Å². The largest absolute Gasteiger partial charge is 0.497 e. The minimum absolute atomic E-state index is 0.0108. The molecule has 7 heteroatoms. The highest BCUT2D eigenvalue weighted by molar-refractivity contribution is 5.93. The lowest BCUT2D eigenvalue weighted by Crippen LogP contribution is -2.41. The number of ether oxygens (including phenoxy) is 1. The summed E-state index contributed by atoms with van der Waals surface area (Å²) in [7, 11) is 1.58. The number of amides is 2. The minimum Gasteiger partial charge on any atom is -0.497 e. The molecule has 0 fully saturated rings. The van der Waals surface area contributed by atoms with Crippen LogP contribution >= 0.6 is 0 Å². The van der Waals surface area contributed by atoms with Gasteiger partial charge in [0.1, 0.15) is 5.75 Å². The second kappa shape index (κ2) is 7.88. The number of urea groups is 1. The van der Waals surface area contributed by atoms with Gasteiger partial charge in [0, 0.05) is 12.2 Å². The van der Waals surface area contributed by atoms with Gasteiger partial charge in [0.05, 0.1) is 13.7 Å². The fraction of sp³-hybridized carbons (Fsp3) is 0.385.